The summed E-state index contributed by atoms with van der Waals surface area (Å²) in [5.74, 6) is 0.757. The first kappa shape index (κ1) is 5.54. The van der Waals surface area contributed by atoms with Crippen molar-refractivity contribution >= 4 is 6.21 Å². The molecule has 1 atom stereocenters. The van der Waals surface area contributed by atoms with E-state index >= 15 is 0 Å². The van der Waals surface area contributed by atoms with Crippen molar-refractivity contribution in [2.24, 2.45) is 10.9 Å². The average molecular weight is 109 g/mol. The van der Waals surface area contributed by atoms with E-state index < -0.39 is 0 Å². The molecule has 0 spiro atoms. The Labute approximate surface area is 50.1 Å². The van der Waals surface area contributed by atoms with Crippen LogP contribution in [0.2, 0.25) is 0 Å². The first-order valence-corrected chi connectivity index (χ1v) is 3.11. The van der Waals surface area contributed by atoms with Crippen molar-refractivity contribution in [1.82, 2.24) is 0 Å². The normalized spacial score (nSPS) is 26.4. The Balaban J connectivity index is 2.40. The fraction of sp³-hybridized carbons (Fsp3) is 0.571. The minimum absolute atomic E-state index is 0.757. The highest BCUT2D eigenvalue weighted by Crippen LogP contribution is 2.10. The van der Waals surface area contributed by atoms with Crippen molar-refractivity contribution in [1.29, 1.82) is 0 Å². The highest BCUT2D eigenvalue weighted by Gasteiger charge is 2.00. The fourth-order valence-electron chi connectivity index (χ4n) is 0.810. The second-order valence-corrected chi connectivity index (χ2v) is 2.08. The summed E-state index contributed by atoms with van der Waals surface area (Å²) in [4.78, 5) is 3.97. The molecule has 1 heterocycles. The molecule has 1 unspecified atom stereocenters. The predicted octanol–water partition coefficient (Wildman–Crippen LogP) is 2.00. The summed E-state index contributed by atoms with van der Waals surface area (Å²) in [6, 6.07) is 0. The minimum Gasteiger partial charge on any atom is -0.269 e. The fourth-order valence-corrected chi connectivity index (χ4v) is 0.810. The number of allylic oxidation sites excluding steroid dienone is 1. The standard InChI is InChI=1S/C7H11N/c1-2-7-3-5-8-6-4-7/h3,5-7H,2,4H2,1H3. The first-order chi connectivity index (χ1) is 3.93. The molecule has 1 aliphatic rings. The molecule has 0 saturated carbocycles. The molecule has 0 amide bonds. The van der Waals surface area contributed by atoms with E-state index in [0.29, 0.717) is 0 Å². The Hall–Kier alpha value is -0.590. The predicted molar refractivity (Wildman–Crippen MR) is 36.0 cm³/mol. The molecular formula is C7H11N. The van der Waals surface area contributed by atoms with E-state index in [1.54, 1.807) is 0 Å². The number of rotatable bonds is 1. The third-order valence-electron chi connectivity index (χ3n) is 1.48. The Morgan fingerprint density at radius 3 is 3.00 bits per heavy atom. The molecule has 44 valence electrons. The van der Waals surface area contributed by atoms with Crippen LogP contribution in [0, 0.1) is 5.92 Å². The van der Waals surface area contributed by atoms with Crippen LogP contribution in [-0.2, 0) is 0 Å². The largest absolute Gasteiger partial charge is 0.269 e. The highest BCUT2D eigenvalue weighted by molar-refractivity contribution is 5.60. The quantitative estimate of drug-likeness (QED) is 0.488. The van der Waals surface area contributed by atoms with Crippen LogP contribution in [0.4, 0.5) is 0 Å². The van der Waals surface area contributed by atoms with Gasteiger partial charge in [0.1, 0.15) is 0 Å². The van der Waals surface area contributed by atoms with Crippen LogP contribution in [0.25, 0.3) is 0 Å². The van der Waals surface area contributed by atoms with Gasteiger partial charge in [-0.25, -0.2) is 0 Å². The molecule has 1 aliphatic heterocycles. The Morgan fingerprint density at radius 2 is 2.62 bits per heavy atom. The van der Waals surface area contributed by atoms with Gasteiger partial charge in [0.05, 0.1) is 0 Å². The van der Waals surface area contributed by atoms with Crippen LogP contribution in [0.15, 0.2) is 17.3 Å². The third-order valence-corrected chi connectivity index (χ3v) is 1.48. The summed E-state index contributed by atoms with van der Waals surface area (Å²) < 4.78 is 0. The zero-order chi connectivity index (χ0) is 5.82. The molecule has 0 saturated heterocycles. The highest BCUT2D eigenvalue weighted by atomic mass is 14.7. The van der Waals surface area contributed by atoms with Crippen molar-refractivity contribution < 1.29 is 0 Å². The molecule has 1 heteroatoms. The number of hydrogen-bond acceptors (Lipinski definition) is 1. The van der Waals surface area contributed by atoms with Crippen LogP contribution in [0.5, 0.6) is 0 Å². The van der Waals surface area contributed by atoms with Crippen LogP contribution in [-0.4, -0.2) is 6.21 Å². The minimum atomic E-state index is 0.757. The lowest BCUT2D eigenvalue weighted by molar-refractivity contribution is 0.653. The topological polar surface area (TPSA) is 12.4 Å². The van der Waals surface area contributed by atoms with Gasteiger partial charge < -0.3 is 0 Å². The van der Waals surface area contributed by atoms with Crippen LogP contribution in [0.1, 0.15) is 19.8 Å². The summed E-state index contributed by atoms with van der Waals surface area (Å²) >= 11 is 0. The second kappa shape index (κ2) is 2.65. The van der Waals surface area contributed by atoms with Gasteiger partial charge in [0.25, 0.3) is 0 Å². The van der Waals surface area contributed by atoms with E-state index in [-0.39, 0.29) is 0 Å². The Bertz CT molecular complexity index is 114. The monoisotopic (exact) mass is 109 g/mol. The second-order valence-electron chi connectivity index (χ2n) is 2.08. The molecule has 0 N–H and O–H groups in total. The van der Waals surface area contributed by atoms with Gasteiger partial charge >= 0.3 is 0 Å². The molecular weight excluding hydrogens is 98.1 g/mol. The SMILES string of the molecule is CCC1C=CN=CC1. The zero-order valence-electron chi connectivity index (χ0n) is 5.17. The van der Waals surface area contributed by atoms with Crippen LogP contribution >= 0.6 is 0 Å². The van der Waals surface area contributed by atoms with Crippen molar-refractivity contribution in [3.63, 3.8) is 0 Å². The Kier molecular flexibility index (Phi) is 1.84. The van der Waals surface area contributed by atoms with E-state index in [2.05, 4.69) is 18.0 Å². The number of hydrogen-bond donors (Lipinski definition) is 0. The lowest BCUT2D eigenvalue weighted by Gasteiger charge is -2.06. The lowest BCUT2D eigenvalue weighted by atomic mass is 10.0. The van der Waals surface area contributed by atoms with E-state index in [0.717, 1.165) is 12.3 Å². The van der Waals surface area contributed by atoms with Crippen molar-refractivity contribution in [2.45, 2.75) is 19.8 Å². The summed E-state index contributed by atoms with van der Waals surface area (Å²) in [5.41, 5.74) is 0. The summed E-state index contributed by atoms with van der Waals surface area (Å²) in [6.07, 6.45) is 8.40. The maximum atomic E-state index is 3.97. The molecule has 1 rings (SSSR count). The molecule has 0 bridgehead atoms. The van der Waals surface area contributed by atoms with E-state index in [9.17, 15) is 0 Å². The smallest absolute Gasteiger partial charge is 0.0226 e. The molecule has 0 aliphatic carbocycles. The Morgan fingerprint density at radius 1 is 1.75 bits per heavy atom. The maximum Gasteiger partial charge on any atom is 0.0226 e. The van der Waals surface area contributed by atoms with Crippen molar-refractivity contribution in [3.8, 4) is 0 Å². The zero-order valence-corrected chi connectivity index (χ0v) is 5.17. The molecule has 8 heavy (non-hydrogen) atoms. The summed E-state index contributed by atoms with van der Waals surface area (Å²) in [6.45, 7) is 2.20. The van der Waals surface area contributed by atoms with Gasteiger partial charge in [0.15, 0.2) is 0 Å². The van der Waals surface area contributed by atoms with E-state index in [4.69, 9.17) is 0 Å². The number of aliphatic imine (C=N–C) groups is 1. The first-order valence-electron chi connectivity index (χ1n) is 3.11. The van der Waals surface area contributed by atoms with Gasteiger partial charge in [-0.1, -0.05) is 13.0 Å². The van der Waals surface area contributed by atoms with Crippen LogP contribution in [0.3, 0.4) is 0 Å². The van der Waals surface area contributed by atoms with Crippen molar-refractivity contribution in [3.05, 3.63) is 12.3 Å². The van der Waals surface area contributed by atoms with Gasteiger partial charge in [0.2, 0.25) is 0 Å². The average Bonchev–Trinajstić information content (AvgIpc) is 1.90. The van der Waals surface area contributed by atoms with Gasteiger partial charge in [-0.05, 0) is 18.8 Å². The van der Waals surface area contributed by atoms with Crippen molar-refractivity contribution in [2.75, 3.05) is 0 Å². The maximum absolute atomic E-state index is 3.97. The molecule has 0 fully saturated rings. The van der Waals surface area contributed by atoms with Gasteiger partial charge in [-0.15, -0.1) is 0 Å². The lowest BCUT2D eigenvalue weighted by Crippen LogP contribution is -1.97. The molecule has 0 aromatic carbocycles. The van der Waals surface area contributed by atoms with Crippen LogP contribution < -0.4 is 0 Å². The van der Waals surface area contributed by atoms with Gasteiger partial charge in [-0.2, -0.15) is 0 Å². The van der Waals surface area contributed by atoms with E-state index in [1.807, 2.05) is 12.4 Å². The van der Waals surface area contributed by atoms with Gasteiger partial charge in [0, 0.05) is 12.4 Å². The summed E-state index contributed by atoms with van der Waals surface area (Å²) in [7, 11) is 0. The molecule has 0 aromatic heterocycles. The summed E-state index contributed by atoms with van der Waals surface area (Å²) in [5, 5.41) is 0. The number of nitrogens with zero attached hydrogens (tertiary/aromatic N) is 1. The molecule has 0 aromatic rings. The molecule has 0 radical (unpaired) electrons. The third kappa shape index (κ3) is 1.19. The van der Waals surface area contributed by atoms with E-state index in [1.165, 1.54) is 6.42 Å². The molecule has 1 nitrogen and oxygen atoms in total. The van der Waals surface area contributed by atoms with Gasteiger partial charge in [-0.3, -0.25) is 4.99 Å².